The first-order chi connectivity index (χ1) is 16.3. The zero-order chi connectivity index (χ0) is 24.4. The molecule has 3 aromatic rings. The van der Waals surface area contributed by atoms with E-state index in [4.69, 9.17) is 9.47 Å². The lowest BCUT2D eigenvalue weighted by atomic mass is 9.96. The fourth-order valence-corrected chi connectivity index (χ4v) is 4.85. The Labute approximate surface area is 200 Å². The third-order valence-electron chi connectivity index (χ3n) is 5.35. The first kappa shape index (κ1) is 23.4. The molecule has 0 saturated heterocycles. The van der Waals surface area contributed by atoms with Crippen molar-refractivity contribution in [2.75, 3.05) is 6.61 Å². The molecule has 0 unspecified atom stereocenters. The summed E-state index contributed by atoms with van der Waals surface area (Å²) in [6, 6.07) is 13.9. The van der Waals surface area contributed by atoms with Crippen molar-refractivity contribution in [1.29, 1.82) is 0 Å². The van der Waals surface area contributed by atoms with E-state index in [-0.39, 0.29) is 12.2 Å². The molecule has 0 saturated carbocycles. The van der Waals surface area contributed by atoms with Crippen molar-refractivity contribution in [3.63, 3.8) is 0 Å². The average Bonchev–Trinajstić information content (AvgIpc) is 3.09. The summed E-state index contributed by atoms with van der Waals surface area (Å²) < 4.78 is 12.5. The molecule has 0 spiro atoms. The van der Waals surface area contributed by atoms with Crippen LogP contribution >= 0.6 is 11.3 Å². The number of aromatic nitrogens is 1. The van der Waals surface area contributed by atoms with Gasteiger partial charge in [-0.1, -0.05) is 53.3 Å². The Balaban J connectivity index is 1.89. The predicted molar refractivity (Wildman–Crippen MR) is 129 cm³/mol. The minimum absolute atomic E-state index is 0.200. The summed E-state index contributed by atoms with van der Waals surface area (Å²) in [7, 11) is 0. The maximum Gasteiger partial charge on any atom is 0.338 e. The number of hydrogen-bond acceptors (Lipinski definition) is 7. The average molecular weight is 477 g/mol. The number of hydrogen-bond donors (Lipinski definition) is 0. The Morgan fingerprint density at radius 1 is 1.09 bits per heavy atom. The second-order valence-electron chi connectivity index (χ2n) is 7.88. The highest BCUT2D eigenvalue weighted by atomic mass is 32.1. The highest BCUT2D eigenvalue weighted by Gasteiger charge is 2.33. The second-order valence-corrected chi connectivity index (χ2v) is 8.88. The normalized spacial score (nSPS) is 15.5. The van der Waals surface area contributed by atoms with Crippen molar-refractivity contribution in [2.45, 2.75) is 33.7 Å². The monoisotopic (exact) mass is 476 g/mol. The van der Waals surface area contributed by atoms with Gasteiger partial charge in [-0.25, -0.2) is 9.79 Å². The van der Waals surface area contributed by atoms with Crippen molar-refractivity contribution >= 4 is 29.4 Å². The van der Waals surface area contributed by atoms with Crippen molar-refractivity contribution < 1.29 is 19.1 Å². The molecule has 7 nitrogen and oxygen atoms in total. The molecule has 1 atom stereocenters. The molecule has 8 heteroatoms. The lowest BCUT2D eigenvalue weighted by molar-refractivity contribution is -0.139. The smallest absolute Gasteiger partial charge is 0.338 e. The Hall–Kier alpha value is -3.78. The van der Waals surface area contributed by atoms with Crippen LogP contribution in [0.4, 0.5) is 0 Å². The van der Waals surface area contributed by atoms with Crippen LogP contribution in [-0.2, 0) is 14.3 Å². The van der Waals surface area contributed by atoms with Crippen LogP contribution < -0.4 is 19.6 Å². The van der Waals surface area contributed by atoms with E-state index in [9.17, 15) is 14.4 Å². The number of fused-ring (bicyclic) bond motifs is 1. The molecule has 1 aliphatic rings. The fourth-order valence-electron chi connectivity index (χ4n) is 3.81. The molecule has 0 amide bonds. The summed E-state index contributed by atoms with van der Waals surface area (Å²) in [5, 5.41) is 0. The zero-order valence-electron chi connectivity index (χ0n) is 19.3. The molecule has 1 aliphatic heterocycles. The number of allylic oxidation sites excluding steroid dienone is 1. The number of esters is 2. The second kappa shape index (κ2) is 9.61. The van der Waals surface area contributed by atoms with Gasteiger partial charge < -0.3 is 9.47 Å². The third-order valence-corrected chi connectivity index (χ3v) is 6.33. The van der Waals surface area contributed by atoms with E-state index in [0.717, 1.165) is 11.1 Å². The highest BCUT2D eigenvalue weighted by molar-refractivity contribution is 7.07. The molecule has 0 fully saturated rings. The Kier molecular flexibility index (Phi) is 6.61. The van der Waals surface area contributed by atoms with Gasteiger partial charge in [-0.2, -0.15) is 0 Å². The number of ether oxygens (including phenoxy) is 2. The number of carbonyl (C=O) groups is 2. The van der Waals surface area contributed by atoms with Crippen molar-refractivity contribution in [1.82, 2.24) is 4.57 Å². The van der Waals surface area contributed by atoms with Gasteiger partial charge in [-0.15, -0.1) is 0 Å². The quantitative estimate of drug-likeness (QED) is 0.417. The van der Waals surface area contributed by atoms with E-state index in [1.165, 1.54) is 22.8 Å². The number of carbonyl (C=O) groups excluding carboxylic acids is 2. The van der Waals surface area contributed by atoms with Crippen LogP contribution in [0.3, 0.4) is 0 Å². The van der Waals surface area contributed by atoms with E-state index in [2.05, 4.69) is 4.99 Å². The van der Waals surface area contributed by atoms with Crippen LogP contribution in [0.1, 0.15) is 43.5 Å². The Morgan fingerprint density at radius 2 is 1.76 bits per heavy atom. The van der Waals surface area contributed by atoms with Gasteiger partial charge in [0.1, 0.15) is 5.75 Å². The SMILES string of the molecule is CCOC(=O)C1=C(C)N=c2s/c(=C\c3ccc(C)cc3)c(=O)n2[C@@H]1c1ccc(OC(C)=O)cc1. The van der Waals surface area contributed by atoms with E-state index in [1.54, 1.807) is 38.1 Å². The number of benzene rings is 2. The summed E-state index contributed by atoms with van der Waals surface area (Å²) in [5.41, 5.74) is 3.26. The molecule has 0 radical (unpaired) electrons. The number of nitrogens with zero attached hydrogens (tertiary/aromatic N) is 2. The van der Waals surface area contributed by atoms with E-state index < -0.39 is 18.0 Å². The highest BCUT2D eigenvalue weighted by Crippen LogP contribution is 2.31. The summed E-state index contributed by atoms with van der Waals surface area (Å²) in [6.45, 7) is 7.00. The van der Waals surface area contributed by atoms with Crippen molar-refractivity contribution in [2.24, 2.45) is 4.99 Å². The van der Waals surface area contributed by atoms with Gasteiger partial charge in [0.25, 0.3) is 5.56 Å². The summed E-state index contributed by atoms with van der Waals surface area (Å²) in [5.74, 6) is -0.577. The van der Waals surface area contributed by atoms with E-state index >= 15 is 0 Å². The molecular weight excluding hydrogens is 452 g/mol. The van der Waals surface area contributed by atoms with Gasteiger partial charge in [0.15, 0.2) is 4.80 Å². The maximum absolute atomic E-state index is 13.6. The topological polar surface area (TPSA) is 87.0 Å². The molecular formula is C26H24N2O5S. The van der Waals surface area contributed by atoms with Gasteiger partial charge >= 0.3 is 11.9 Å². The molecule has 2 heterocycles. The minimum atomic E-state index is -0.721. The van der Waals surface area contributed by atoms with E-state index in [1.807, 2.05) is 37.3 Å². The minimum Gasteiger partial charge on any atom is -0.463 e. The van der Waals surface area contributed by atoms with Gasteiger partial charge in [0.2, 0.25) is 0 Å². The van der Waals surface area contributed by atoms with Crippen LogP contribution in [0, 0.1) is 6.92 Å². The molecule has 4 rings (SSSR count). The van der Waals surface area contributed by atoms with Crippen molar-refractivity contribution in [3.8, 4) is 5.75 Å². The standard InChI is InChI=1S/C26H24N2O5S/c1-5-32-25(31)22-16(3)27-26-28(23(22)19-10-12-20(13-11-19)33-17(4)29)24(30)21(34-26)14-18-8-6-15(2)7-9-18/h6-14,23H,5H2,1-4H3/b21-14-/t23-/m1/s1. The largest absolute Gasteiger partial charge is 0.463 e. The number of thiazole rings is 1. The summed E-state index contributed by atoms with van der Waals surface area (Å²) >= 11 is 1.27. The predicted octanol–water partition coefficient (Wildman–Crippen LogP) is 3.03. The Bertz CT molecular complexity index is 1460. The molecule has 0 N–H and O–H groups in total. The third kappa shape index (κ3) is 4.63. The van der Waals surface area contributed by atoms with Crippen LogP contribution in [0.15, 0.2) is 69.6 Å². The zero-order valence-corrected chi connectivity index (χ0v) is 20.1. The first-order valence-electron chi connectivity index (χ1n) is 10.8. The number of aryl methyl sites for hydroxylation is 1. The molecule has 0 aliphatic carbocycles. The van der Waals surface area contributed by atoms with Crippen molar-refractivity contribution in [3.05, 3.63) is 96.2 Å². The van der Waals surface area contributed by atoms with Gasteiger partial charge in [0, 0.05) is 6.92 Å². The van der Waals surface area contributed by atoms with Crippen LogP contribution in [0.2, 0.25) is 0 Å². The first-order valence-corrected chi connectivity index (χ1v) is 11.6. The van der Waals surface area contributed by atoms with Crippen LogP contribution in [0.25, 0.3) is 6.08 Å². The Morgan fingerprint density at radius 3 is 2.38 bits per heavy atom. The summed E-state index contributed by atoms with van der Waals surface area (Å²) in [4.78, 5) is 42.8. The molecule has 1 aromatic heterocycles. The van der Waals surface area contributed by atoms with E-state index in [0.29, 0.717) is 31.9 Å². The van der Waals surface area contributed by atoms with Crippen LogP contribution in [-0.4, -0.2) is 23.1 Å². The lowest BCUT2D eigenvalue weighted by Gasteiger charge is -2.24. The van der Waals surface area contributed by atoms with Gasteiger partial charge in [-0.05, 0) is 50.1 Å². The fraction of sp³-hybridized carbons (Fsp3) is 0.231. The summed E-state index contributed by atoms with van der Waals surface area (Å²) in [6.07, 6.45) is 1.83. The molecule has 174 valence electrons. The lowest BCUT2D eigenvalue weighted by Crippen LogP contribution is -2.39. The molecule has 2 aromatic carbocycles. The number of rotatable bonds is 5. The van der Waals surface area contributed by atoms with Crippen LogP contribution in [0.5, 0.6) is 5.75 Å². The van der Waals surface area contributed by atoms with Gasteiger partial charge in [0.05, 0.1) is 28.5 Å². The molecule has 0 bridgehead atoms. The molecule has 34 heavy (non-hydrogen) atoms. The van der Waals surface area contributed by atoms with Gasteiger partial charge in [-0.3, -0.25) is 14.2 Å². The maximum atomic E-state index is 13.6.